The summed E-state index contributed by atoms with van der Waals surface area (Å²) in [6.07, 6.45) is -6.12. The zero-order chi connectivity index (χ0) is 53.8. The maximum atomic E-state index is 10.4. The van der Waals surface area contributed by atoms with Gasteiger partial charge in [0.05, 0.1) is 164 Å². The monoisotopic (exact) mass is 1060 g/mol. The summed E-state index contributed by atoms with van der Waals surface area (Å²) in [5.41, 5.74) is -1.02. The molecule has 24 nitrogen and oxygen atoms in total. The van der Waals surface area contributed by atoms with Crippen molar-refractivity contribution in [2.24, 2.45) is 11.8 Å². The quantitative estimate of drug-likeness (QED) is 0.0297. The Morgan fingerprint density at radius 1 is 0.375 bits per heavy atom. The van der Waals surface area contributed by atoms with Crippen molar-refractivity contribution in [1.82, 2.24) is 0 Å². The molecule has 0 aliphatic carbocycles. The van der Waals surface area contributed by atoms with E-state index in [9.17, 15) is 46.0 Å². The summed E-state index contributed by atoms with van der Waals surface area (Å²) in [6.45, 7) is 7.98. The van der Waals surface area contributed by atoms with Crippen molar-refractivity contribution in [3.8, 4) is 0 Å². The lowest BCUT2D eigenvalue weighted by atomic mass is 10.0. The van der Waals surface area contributed by atoms with Gasteiger partial charge in [-0.3, -0.25) is 0 Å². The molecule has 0 saturated carbocycles. The zero-order valence-electron chi connectivity index (χ0n) is 44.4. The van der Waals surface area contributed by atoms with Gasteiger partial charge in [0.2, 0.25) is 0 Å². The minimum Gasteiger partial charge on any atom is -0.396 e. The second-order valence-electron chi connectivity index (χ2n) is 18.1. The van der Waals surface area contributed by atoms with E-state index in [-0.39, 0.29) is 151 Å². The van der Waals surface area contributed by atoms with Crippen molar-refractivity contribution >= 4 is 0 Å². The molecule has 0 heterocycles. The average Bonchev–Trinajstić information content (AvgIpc) is 3.38. The van der Waals surface area contributed by atoms with Crippen molar-refractivity contribution in [2.75, 3.05) is 186 Å². The van der Waals surface area contributed by atoms with E-state index in [1.165, 1.54) is 7.11 Å². The van der Waals surface area contributed by atoms with Gasteiger partial charge in [0.1, 0.15) is 54.9 Å². The third kappa shape index (κ3) is 36.1. The molecule has 11 atom stereocenters. The van der Waals surface area contributed by atoms with Crippen LogP contribution in [0.1, 0.15) is 47.5 Å². The number of ether oxygens (including phenoxy) is 15. The highest BCUT2D eigenvalue weighted by molar-refractivity contribution is 4.82. The lowest BCUT2D eigenvalue weighted by Gasteiger charge is -2.36. The van der Waals surface area contributed by atoms with E-state index in [2.05, 4.69) is 0 Å². The van der Waals surface area contributed by atoms with E-state index in [1.54, 1.807) is 21.0 Å². The molecule has 0 spiro atoms. The largest absolute Gasteiger partial charge is 0.396 e. The second kappa shape index (κ2) is 47.3. The predicted molar refractivity (Wildman–Crippen MR) is 260 cm³/mol. The lowest BCUT2D eigenvalue weighted by molar-refractivity contribution is -0.190. The molecule has 0 aliphatic heterocycles. The normalized spacial score (nSPS) is 17.1. The van der Waals surface area contributed by atoms with Crippen LogP contribution in [0.2, 0.25) is 0 Å². The first-order valence-corrected chi connectivity index (χ1v) is 25.2. The molecule has 0 aromatic rings. The van der Waals surface area contributed by atoms with E-state index in [4.69, 9.17) is 71.1 Å². The Balaban J connectivity index is 6.02. The first-order valence-electron chi connectivity index (χ1n) is 25.2. The number of aliphatic hydroxyl groups is 9. The van der Waals surface area contributed by atoms with Crippen molar-refractivity contribution in [1.29, 1.82) is 0 Å². The Hall–Kier alpha value is -0.960. The van der Waals surface area contributed by atoms with E-state index >= 15 is 0 Å². The summed E-state index contributed by atoms with van der Waals surface area (Å²) in [5, 5.41) is 88.6. The van der Waals surface area contributed by atoms with Crippen LogP contribution >= 0.6 is 0 Å². The lowest BCUT2D eigenvalue weighted by Crippen LogP contribution is -2.48. The molecule has 9 N–H and O–H groups in total. The van der Waals surface area contributed by atoms with Crippen molar-refractivity contribution in [3.05, 3.63) is 0 Å². The van der Waals surface area contributed by atoms with Gasteiger partial charge in [0, 0.05) is 40.0 Å². The second-order valence-corrected chi connectivity index (χ2v) is 18.1. The number of hydrogen-bond donors (Lipinski definition) is 9. The third-order valence-corrected chi connectivity index (χ3v) is 10.7. The first-order chi connectivity index (χ1) is 34.8. The molecule has 11 unspecified atom stereocenters. The van der Waals surface area contributed by atoms with Crippen LogP contribution in [0.5, 0.6) is 0 Å². The smallest absolute Gasteiger partial charge is 0.109 e. The van der Waals surface area contributed by atoms with Gasteiger partial charge in [0.15, 0.2) is 0 Å². The van der Waals surface area contributed by atoms with Crippen molar-refractivity contribution in [2.45, 2.75) is 114 Å². The van der Waals surface area contributed by atoms with Crippen LogP contribution in [0.25, 0.3) is 0 Å². The van der Waals surface area contributed by atoms with Crippen LogP contribution in [-0.4, -0.2) is 299 Å². The number of methoxy groups -OCH3 is 2. The molecule has 0 saturated heterocycles. The van der Waals surface area contributed by atoms with Crippen LogP contribution in [0, 0.1) is 11.8 Å². The molecular weight excluding hydrogens is 961 g/mol. The van der Waals surface area contributed by atoms with E-state index in [0.717, 1.165) is 0 Å². The maximum absolute atomic E-state index is 10.4. The van der Waals surface area contributed by atoms with Gasteiger partial charge < -0.3 is 117 Å². The third-order valence-electron chi connectivity index (χ3n) is 10.7. The summed E-state index contributed by atoms with van der Waals surface area (Å²) >= 11 is 0. The number of aliphatic hydroxyl groups excluding tert-OH is 9. The van der Waals surface area contributed by atoms with Gasteiger partial charge in [-0.2, -0.15) is 0 Å². The number of rotatable bonds is 55. The number of hydrogen-bond acceptors (Lipinski definition) is 24. The predicted octanol–water partition coefficient (Wildman–Crippen LogP) is -2.04. The molecule has 72 heavy (non-hydrogen) atoms. The SMILES string of the molecule is CCC(CO)OC(C)(C)C(CO)OCC(COCC(CO)OCC(COCC(CO)OCCOCC(CO)COC)OCC(COCC(CO)OCC(C)C)OCCCO)OCC(CO)OCC(CO)OC. The van der Waals surface area contributed by atoms with E-state index in [1.807, 2.05) is 20.8 Å². The molecule has 0 radical (unpaired) electrons. The van der Waals surface area contributed by atoms with Crippen molar-refractivity contribution < 1.29 is 117 Å². The van der Waals surface area contributed by atoms with Gasteiger partial charge >= 0.3 is 0 Å². The summed E-state index contributed by atoms with van der Waals surface area (Å²) in [4.78, 5) is 0. The fourth-order valence-corrected chi connectivity index (χ4v) is 6.22. The fraction of sp³-hybridized carbons (Fsp3) is 1.00. The summed E-state index contributed by atoms with van der Waals surface area (Å²) in [5.74, 6) is 0.0839. The summed E-state index contributed by atoms with van der Waals surface area (Å²) in [6, 6.07) is 0. The van der Waals surface area contributed by atoms with Gasteiger partial charge in [-0.05, 0) is 32.6 Å². The van der Waals surface area contributed by atoms with Crippen LogP contribution < -0.4 is 0 Å². The Morgan fingerprint density at radius 2 is 0.792 bits per heavy atom. The van der Waals surface area contributed by atoms with Crippen LogP contribution in [0.3, 0.4) is 0 Å². The average molecular weight is 1060 g/mol. The zero-order valence-corrected chi connectivity index (χ0v) is 44.4. The van der Waals surface area contributed by atoms with Crippen LogP contribution in [0.15, 0.2) is 0 Å². The van der Waals surface area contributed by atoms with E-state index in [0.29, 0.717) is 26.1 Å². The van der Waals surface area contributed by atoms with Crippen molar-refractivity contribution in [3.63, 3.8) is 0 Å². The molecule has 0 amide bonds. The highest BCUT2D eigenvalue weighted by Crippen LogP contribution is 2.22. The Kier molecular flexibility index (Phi) is 46.6. The van der Waals surface area contributed by atoms with Crippen LogP contribution in [-0.2, 0) is 71.1 Å². The molecule has 24 heteroatoms. The Labute approximate surface area is 428 Å². The topological polar surface area (TPSA) is 321 Å². The molecule has 0 rings (SSSR count). The molecule has 434 valence electrons. The van der Waals surface area contributed by atoms with Gasteiger partial charge in [0.25, 0.3) is 0 Å². The standard InChI is InChI=1S/C48H98O24/c1-8-38(15-51)72-48(4,5)47(21-57)71-35-46(69-32-43(20-56)67-31-39(16-52)59-7)30-63-27-42(19-55)68-34-45(29-61-25-40(17-53)65-13-12-60-24-37(14-50)23-58-6)70-33-44(64-11-9-10-49)28-62-26-41(18-54)66-22-36(2)3/h36-47,49-57H,8-35H2,1-7H3. The highest BCUT2D eigenvalue weighted by Gasteiger charge is 2.34. The van der Waals surface area contributed by atoms with Gasteiger partial charge in [-0.15, -0.1) is 0 Å². The minimum absolute atomic E-state index is 0.00556. The van der Waals surface area contributed by atoms with E-state index < -0.39 is 86.5 Å². The molecule has 0 fully saturated rings. The molecule has 0 aromatic heterocycles. The van der Waals surface area contributed by atoms with Gasteiger partial charge in [-0.1, -0.05) is 20.8 Å². The Bertz CT molecular complexity index is 1140. The summed E-state index contributed by atoms with van der Waals surface area (Å²) < 4.78 is 87.3. The first kappa shape index (κ1) is 71.0. The molecular formula is C48H98O24. The van der Waals surface area contributed by atoms with Gasteiger partial charge in [-0.25, -0.2) is 0 Å². The maximum Gasteiger partial charge on any atom is 0.109 e. The molecule has 0 aromatic carbocycles. The molecule has 0 bridgehead atoms. The highest BCUT2D eigenvalue weighted by atomic mass is 16.6. The Morgan fingerprint density at radius 3 is 1.24 bits per heavy atom. The van der Waals surface area contributed by atoms with Crippen LogP contribution in [0.4, 0.5) is 0 Å². The summed E-state index contributed by atoms with van der Waals surface area (Å²) in [7, 11) is 2.96. The fourth-order valence-electron chi connectivity index (χ4n) is 6.22. The molecule has 0 aliphatic rings. The minimum atomic E-state index is -1.02.